The lowest BCUT2D eigenvalue weighted by molar-refractivity contribution is -0.130. The van der Waals surface area contributed by atoms with Crippen LogP contribution in [0.2, 0.25) is 0 Å². The first-order chi connectivity index (χ1) is 16.1. The number of carbonyl (C=O) groups is 2. The number of carbonyl (C=O) groups excluding carboxylic acids is 2. The number of aromatic hydroxyl groups is 1. The Morgan fingerprint density at radius 2 is 1.74 bits per heavy atom. The topological polar surface area (TPSA) is 162 Å². The number of nitrogens with two attached hydrogens (primary N) is 1. The molecule has 0 heterocycles. The van der Waals surface area contributed by atoms with Crippen molar-refractivity contribution in [2.24, 2.45) is 17.6 Å². The largest absolute Gasteiger partial charge is 0.509 e. The van der Waals surface area contributed by atoms with E-state index in [9.17, 15) is 29.3 Å². The Morgan fingerprint density at radius 3 is 2.29 bits per heavy atom. The summed E-state index contributed by atoms with van der Waals surface area (Å²) in [5.41, 5.74) is 6.31. The van der Waals surface area contributed by atoms with E-state index in [2.05, 4.69) is 10.6 Å². The van der Waals surface area contributed by atoms with Crippen molar-refractivity contribution < 1.29 is 29.3 Å². The fraction of sp³-hybridized carbons (Fsp3) is 0.667. The summed E-state index contributed by atoms with van der Waals surface area (Å²) in [6.07, 6.45) is 4.40. The second kappa shape index (κ2) is 13.7. The lowest BCUT2D eigenvalue weighted by atomic mass is 9.85. The van der Waals surface area contributed by atoms with Crippen molar-refractivity contribution in [1.82, 2.24) is 10.6 Å². The van der Waals surface area contributed by atoms with Gasteiger partial charge in [0.25, 0.3) is 0 Å². The van der Waals surface area contributed by atoms with E-state index < -0.39 is 43.7 Å². The molecule has 1 fully saturated rings. The van der Waals surface area contributed by atoms with Crippen LogP contribution in [0.1, 0.15) is 57.9 Å². The average molecular weight is 497 g/mol. The highest BCUT2D eigenvalue weighted by Crippen LogP contribution is 2.40. The number of hydrogen-bond donors (Lipinski definition) is 6. The monoisotopic (exact) mass is 496 g/mol. The van der Waals surface area contributed by atoms with Crippen molar-refractivity contribution in [3.05, 3.63) is 29.8 Å². The number of benzene rings is 1. The van der Waals surface area contributed by atoms with Crippen LogP contribution in [0.25, 0.3) is 0 Å². The first kappa shape index (κ1) is 28.2. The zero-order valence-corrected chi connectivity index (χ0v) is 20.9. The Balaban J connectivity index is 1.87. The minimum atomic E-state index is -2.42. The fourth-order valence-electron chi connectivity index (χ4n) is 4.45. The van der Waals surface area contributed by atoms with Gasteiger partial charge in [-0.25, -0.2) is 0 Å². The standard InChI is InChI=1S/C24H38N3O6P/c1-15(2)22(27-23(30)20(25)12-16-8-10-18(28)11-9-16)24(31)26-14-19(29)13-21(34(32)33)17-6-4-3-5-7-17/h8-11,15,17,19-22,29H,3-7,12-14,25H2,1-2H3,(H3-,26,27,28,30,31,32,33)/p+1/t19-,20+,21?,22+/m1/s1. The Bertz CT molecular complexity index is 813. The lowest BCUT2D eigenvalue weighted by Gasteiger charge is -2.26. The van der Waals surface area contributed by atoms with Crippen LogP contribution >= 0.6 is 8.03 Å². The van der Waals surface area contributed by atoms with Gasteiger partial charge in [-0.3, -0.25) is 9.59 Å². The molecule has 2 unspecified atom stereocenters. The van der Waals surface area contributed by atoms with Gasteiger partial charge in [0.1, 0.15) is 11.8 Å². The van der Waals surface area contributed by atoms with Crippen molar-refractivity contribution in [1.29, 1.82) is 0 Å². The van der Waals surface area contributed by atoms with Gasteiger partial charge in [0.15, 0.2) is 5.66 Å². The number of phenols is 1. The van der Waals surface area contributed by atoms with Gasteiger partial charge in [-0.2, -0.15) is 4.89 Å². The van der Waals surface area contributed by atoms with Crippen molar-refractivity contribution in [3.8, 4) is 5.75 Å². The molecule has 1 saturated carbocycles. The molecule has 9 nitrogen and oxygen atoms in total. The first-order valence-electron chi connectivity index (χ1n) is 12.0. The van der Waals surface area contributed by atoms with Gasteiger partial charge in [0.05, 0.1) is 12.1 Å². The summed E-state index contributed by atoms with van der Waals surface area (Å²) in [7, 11) is -2.42. The van der Waals surface area contributed by atoms with Gasteiger partial charge in [-0.15, -0.1) is 0 Å². The molecule has 5 atom stereocenters. The summed E-state index contributed by atoms with van der Waals surface area (Å²) in [6, 6.07) is 4.67. The van der Waals surface area contributed by atoms with Crippen LogP contribution in [0, 0.1) is 11.8 Å². The van der Waals surface area contributed by atoms with Crippen LogP contribution in [0.4, 0.5) is 0 Å². The normalized spacial score (nSPS) is 18.6. The minimum Gasteiger partial charge on any atom is -0.508 e. The molecule has 0 aliphatic heterocycles. The molecule has 0 radical (unpaired) electrons. The third-order valence-corrected chi connectivity index (χ3v) is 7.68. The van der Waals surface area contributed by atoms with Gasteiger partial charge in [-0.1, -0.05) is 45.2 Å². The van der Waals surface area contributed by atoms with Crippen molar-refractivity contribution >= 4 is 19.8 Å². The Kier molecular flexibility index (Phi) is 11.4. The van der Waals surface area contributed by atoms with Crippen LogP contribution in [-0.4, -0.2) is 57.3 Å². The quantitative estimate of drug-likeness (QED) is 0.241. The molecule has 2 rings (SSSR count). The van der Waals surface area contributed by atoms with Crippen LogP contribution in [-0.2, 0) is 20.6 Å². The maximum atomic E-state index is 12.8. The molecular formula is C24H39N3O6P+. The highest BCUT2D eigenvalue weighted by Gasteiger charge is 2.39. The van der Waals surface area contributed by atoms with E-state index in [1.54, 1.807) is 26.0 Å². The lowest BCUT2D eigenvalue weighted by Crippen LogP contribution is -2.55. The van der Waals surface area contributed by atoms with Crippen LogP contribution in [0.5, 0.6) is 5.75 Å². The number of phenolic OH excluding ortho intramolecular Hbond substituents is 1. The fourth-order valence-corrected chi connectivity index (χ4v) is 5.53. The van der Waals surface area contributed by atoms with Crippen LogP contribution < -0.4 is 16.4 Å². The van der Waals surface area contributed by atoms with E-state index in [0.717, 1.165) is 37.7 Å². The molecule has 1 aromatic rings. The molecule has 10 heteroatoms. The summed E-state index contributed by atoms with van der Waals surface area (Å²) in [5.74, 6) is -0.898. The molecule has 1 aliphatic carbocycles. The number of aliphatic hydroxyl groups is 1. The predicted molar refractivity (Wildman–Crippen MR) is 130 cm³/mol. The van der Waals surface area contributed by atoms with Crippen LogP contribution in [0.3, 0.4) is 0 Å². The molecule has 0 spiro atoms. The number of hydrogen-bond acceptors (Lipinski definition) is 6. The maximum Gasteiger partial charge on any atom is 0.509 e. The summed E-state index contributed by atoms with van der Waals surface area (Å²) >= 11 is 0. The van der Waals surface area contributed by atoms with E-state index >= 15 is 0 Å². The molecule has 34 heavy (non-hydrogen) atoms. The van der Waals surface area contributed by atoms with E-state index in [-0.39, 0.29) is 37.0 Å². The number of aliphatic hydroxyl groups excluding tert-OH is 1. The van der Waals surface area contributed by atoms with Gasteiger partial charge >= 0.3 is 8.03 Å². The Morgan fingerprint density at radius 1 is 1.12 bits per heavy atom. The van der Waals surface area contributed by atoms with E-state index in [1.807, 2.05) is 0 Å². The molecule has 2 amide bonds. The SMILES string of the molecule is CC(C)[C@H](NC(=O)[C@@H](N)Cc1ccc(O)cc1)C(=O)NC[C@H](O)CC(C1CCCCC1)[P+](=O)O. The third kappa shape index (κ3) is 8.95. The van der Waals surface area contributed by atoms with Crippen LogP contribution in [0.15, 0.2) is 24.3 Å². The second-order valence-electron chi connectivity index (χ2n) is 9.61. The van der Waals surface area contributed by atoms with Gasteiger partial charge in [-0.05, 0) is 47.4 Å². The zero-order valence-electron chi connectivity index (χ0n) is 20.0. The first-order valence-corrected chi connectivity index (χ1v) is 13.3. The summed E-state index contributed by atoms with van der Waals surface area (Å²) in [5, 5.41) is 25.2. The summed E-state index contributed by atoms with van der Waals surface area (Å²) in [6.45, 7) is 3.52. The highest BCUT2D eigenvalue weighted by molar-refractivity contribution is 7.38. The molecule has 190 valence electrons. The minimum absolute atomic E-state index is 0.0656. The van der Waals surface area contributed by atoms with E-state index in [4.69, 9.17) is 5.73 Å². The number of nitrogens with one attached hydrogen (secondary N) is 2. The van der Waals surface area contributed by atoms with Gasteiger partial charge in [0.2, 0.25) is 11.8 Å². The van der Waals surface area contributed by atoms with Crippen molar-refractivity contribution in [3.63, 3.8) is 0 Å². The van der Waals surface area contributed by atoms with Gasteiger partial charge in [0, 0.05) is 18.9 Å². The number of rotatable bonds is 12. The van der Waals surface area contributed by atoms with E-state index in [0.29, 0.717) is 0 Å². The Labute approximate surface area is 202 Å². The smallest absolute Gasteiger partial charge is 0.508 e. The molecule has 7 N–H and O–H groups in total. The maximum absolute atomic E-state index is 12.8. The van der Waals surface area contributed by atoms with Crippen molar-refractivity contribution in [2.45, 2.75) is 82.6 Å². The average Bonchev–Trinajstić information content (AvgIpc) is 2.80. The predicted octanol–water partition coefficient (Wildman–Crippen LogP) is 1.95. The van der Waals surface area contributed by atoms with Gasteiger partial charge < -0.3 is 26.6 Å². The molecular weight excluding hydrogens is 457 g/mol. The Hall–Kier alpha value is -2.06. The van der Waals surface area contributed by atoms with E-state index in [1.165, 1.54) is 12.1 Å². The zero-order chi connectivity index (χ0) is 25.3. The molecule has 0 bridgehead atoms. The summed E-state index contributed by atoms with van der Waals surface area (Å²) < 4.78 is 11.9. The molecule has 0 saturated heterocycles. The highest BCUT2D eigenvalue weighted by atomic mass is 31.1. The molecule has 1 aromatic carbocycles. The number of amides is 2. The second-order valence-corrected chi connectivity index (χ2v) is 10.9. The molecule has 0 aromatic heterocycles. The van der Waals surface area contributed by atoms with Crippen molar-refractivity contribution in [2.75, 3.05) is 6.54 Å². The third-order valence-electron chi connectivity index (χ3n) is 6.48. The summed E-state index contributed by atoms with van der Waals surface area (Å²) in [4.78, 5) is 35.1. The molecule has 1 aliphatic rings.